The minimum atomic E-state index is -1.98. The van der Waals surface area contributed by atoms with Gasteiger partial charge in [-0.2, -0.15) is 0 Å². The molecule has 0 aliphatic carbocycles. The van der Waals surface area contributed by atoms with Gasteiger partial charge in [-0.05, 0) is 63.6 Å². The van der Waals surface area contributed by atoms with Gasteiger partial charge in [0.25, 0.3) is 0 Å². The predicted molar refractivity (Wildman–Crippen MR) is 234 cm³/mol. The molecule has 1 aromatic carbocycles. The van der Waals surface area contributed by atoms with Gasteiger partial charge >= 0.3 is 17.9 Å². The van der Waals surface area contributed by atoms with Crippen LogP contribution >= 0.6 is 0 Å². The Hall–Kier alpha value is -7.15. The molecule has 25 nitrogen and oxygen atoms in total. The van der Waals surface area contributed by atoms with Crippen LogP contribution in [-0.2, 0) is 59.2 Å². The number of aliphatic hydroxyl groups excluding tert-OH is 1. The normalized spacial score (nSPS) is 17.0. The highest BCUT2D eigenvalue weighted by Gasteiger charge is 2.37. The average molecular weight is 945 g/mol. The van der Waals surface area contributed by atoms with E-state index in [0.29, 0.717) is 29.4 Å². The average Bonchev–Trinajstić information content (AvgIpc) is 3.93. The fourth-order valence-corrected chi connectivity index (χ4v) is 7.08. The number of carbonyl (C=O) groups is 11. The molecular weight excluding hydrogens is 885 g/mol. The lowest BCUT2D eigenvalue weighted by atomic mass is 10.0. The minimum absolute atomic E-state index is 0.0357. The van der Waals surface area contributed by atoms with Gasteiger partial charge in [0, 0.05) is 29.9 Å². The Bertz CT molecular complexity index is 2150. The summed E-state index contributed by atoms with van der Waals surface area (Å²) < 4.78 is 0. The zero-order valence-electron chi connectivity index (χ0n) is 37.4. The number of carbonyl (C=O) groups excluding carboxylic acids is 8. The lowest BCUT2D eigenvalue weighted by Gasteiger charge is -2.28. The van der Waals surface area contributed by atoms with E-state index in [1.165, 1.54) is 6.92 Å². The summed E-state index contributed by atoms with van der Waals surface area (Å²) in [6, 6.07) is -5.28. The van der Waals surface area contributed by atoms with Crippen LogP contribution in [0.2, 0.25) is 0 Å². The van der Waals surface area contributed by atoms with E-state index in [4.69, 9.17) is 5.73 Å². The summed E-state index contributed by atoms with van der Waals surface area (Å²) >= 11 is 0. The van der Waals surface area contributed by atoms with Gasteiger partial charge in [0.05, 0.1) is 25.0 Å². The van der Waals surface area contributed by atoms with Crippen molar-refractivity contribution in [1.82, 2.24) is 47.5 Å². The van der Waals surface area contributed by atoms with E-state index in [0.717, 1.165) is 13.3 Å². The van der Waals surface area contributed by atoms with Gasteiger partial charge in [-0.3, -0.25) is 47.9 Å². The maximum absolute atomic E-state index is 14.0. The van der Waals surface area contributed by atoms with Crippen LogP contribution in [0.25, 0.3) is 10.9 Å². The number of hydrogen-bond acceptors (Lipinski definition) is 13. The van der Waals surface area contributed by atoms with Crippen molar-refractivity contribution in [2.24, 2.45) is 11.7 Å². The van der Waals surface area contributed by atoms with Crippen LogP contribution in [0.3, 0.4) is 0 Å². The van der Waals surface area contributed by atoms with Crippen LogP contribution in [0.15, 0.2) is 30.5 Å². The highest BCUT2D eigenvalue weighted by Crippen LogP contribution is 2.20. The van der Waals surface area contributed by atoms with Gasteiger partial charge in [-0.1, -0.05) is 32.0 Å². The fourth-order valence-electron chi connectivity index (χ4n) is 7.08. The third-order valence-corrected chi connectivity index (χ3v) is 10.6. The van der Waals surface area contributed by atoms with E-state index in [1.54, 1.807) is 44.3 Å². The van der Waals surface area contributed by atoms with Crippen LogP contribution in [0.1, 0.15) is 78.2 Å². The van der Waals surface area contributed by atoms with Crippen molar-refractivity contribution in [3.63, 3.8) is 0 Å². The summed E-state index contributed by atoms with van der Waals surface area (Å²) in [5.74, 6) is -13.2. The number of rotatable bonds is 27. The monoisotopic (exact) mass is 944 g/mol. The SMILES string of the molecule is CC(C)C[C@H](NC(=O)[C@H](CC(N)=O)NC(=O)[C@@H](NC(=O)[C@H](CCC(=O)O)NC(=O)[C@H](CC(=O)O)NC(=O)[C@H](Cc1c[nH]c2ccccc12)NC(=O)[C@H](C)NC(=O)[C@@H]1CCCN1)[C@@H](C)O)C(=O)O. The number of aromatic nitrogens is 1. The second-order valence-corrected chi connectivity index (χ2v) is 16.6. The molecule has 1 fully saturated rings. The van der Waals surface area contributed by atoms with Crippen LogP contribution in [0.5, 0.6) is 0 Å². The third kappa shape index (κ3) is 17.3. The molecule has 9 atom stereocenters. The molecule has 0 radical (unpaired) electrons. The first-order chi connectivity index (χ1) is 31.5. The molecule has 1 aliphatic rings. The number of aromatic amines is 1. The standard InChI is InChI=1S/C42H60N10O15/c1-19(2)14-30(42(66)67)51-39(63)28(16-31(43)54)50-41(65)34(21(4)53)52-37(61)26(11-12-32(55)56)47-40(64)29(17-33(57)58)49-38(62)27(15-22-18-45-24-9-6-5-8-23(22)24)48-35(59)20(3)46-36(60)25-10-7-13-44-25/h5-6,8-9,18-21,25-30,34,44-45,53H,7,10-17H2,1-4H3,(H2,43,54)(H,46,60)(H,47,64)(H,48,59)(H,49,62)(H,50,65)(H,51,63)(H,52,61)(H,55,56)(H,57,58)(H,66,67)/t20-,21+,25-,26-,27-,28-,29-,30-,34-/m0/s1. The number of amides is 8. The molecule has 2 aromatic rings. The summed E-state index contributed by atoms with van der Waals surface area (Å²) in [5, 5.41) is 59.1. The summed E-state index contributed by atoms with van der Waals surface area (Å²) in [6.45, 7) is 6.40. The van der Waals surface area contributed by atoms with Gasteiger partial charge in [0.15, 0.2) is 0 Å². The summed E-state index contributed by atoms with van der Waals surface area (Å²) in [5.41, 5.74) is 6.47. The van der Waals surface area contributed by atoms with Crippen molar-refractivity contribution < 1.29 is 73.2 Å². The number of nitrogens with one attached hydrogen (secondary N) is 9. The van der Waals surface area contributed by atoms with Gasteiger partial charge in [0.2, 0.25) is 47.3 Å². The Kier molecular flexibility index (Phi) is 20.6. The molecule has 0 spiro atoms. The molecule has 0 unspecified atom stereocenters. The lowest BCUT2D eigenvalue weighted by Crippen LogP contribution is -2.62. The molecule has 3 rings (SSSR count). The van der Waals surface area contributed by atoms with Crippen molar-refractivity contribution in [2.75, 3.05) is 6.54 Å². The summed E-state index contributed by atoms with van der Waals surface area (Å²) in [4.78, 5) is 145. The van der Waals surface area contributed by atoms with Crippen LogP contribution in [0, 0.1) is 5.92 Å². The Morgan fingerprint density at radius 2 is 1.25 bits per heavy atom. The molecule has 25 heteroatoms. The molecule has 15 N–H and O–H groups in total. The van der Waals surface area contributed by atoms with Gasteiger partial charge in [-0.25, -0.2) is 4.79 Å². The maximum atomic E-state index is 14.0. The number of nitrogens with two attached hydrogens (primary N) is 1. The first-order valence-corrected chi connectivity index (χ1v) is 21.5. The topological polar surface area (TPSA) is 407 Å². The van der Waals surface area contributed by atoms with Gasteiger partial charge < -0.3 is 73.7 Å². The second-order valence-electron chi connectivity index (χ2n) is 16.6. The number of fused-ring (bicyclic) bond motifs is 1. The molecule has 8 amide bonds. The summed E-state index contributed by atoms with van der Waals surface area (Å²) in [6.07, 6.45) is -2.56. The lowest BCUT2D eigenvalue weighted by molar-refractivity contribution is -0.143. The number of aliphatic carboxylic acids is 3. The maximum Gasteiger partial charge on any atom is 0.326 e. The first kappa shape index (κ1) is 54.2. The van der Waals surface area contributed by atoms with E-state index in [2.05, 4.69) is 47.5 Å². The Morgan fingerprint density at radius 1 is 0.687 bits per heavy atom. The molecule has 368 valence electrons. The Morgan fingerprint density at radius 3 is 1.82 bits per heavy atom. The molecule has 67 heavy (non-hydrogen) atoms. The van der Waals surface area contributed by atoms with E-state index < -0.39 is 145 Å². The minimum Gasteiger partial charge on any atom is -0.481 e. The Balaban J connectivity index is 1.87. The molecule has 1 saturated heterocycles. The number of hydrogen-bond donors (Lipinski definition) is 14. The highest BCUT2D eigenvalue weighted by atomic mass is 16.4. The Labute approximate surface area is 383 Å². The summed E-state index contributed by atoms with van der Waals surface area (Å²) in [7, 11) is 0. The van der Waals surface area contributed by atoms with Crippen molar-refractivity contribution in [2.45, 2.75) is 134 Å². The van der Waals surface area contributed by atoms with Crippen LogP contribution < -0.4 is 48.3 Å². The zero-order chi connectivity index (χ0) is 50.1. The third-order valence-electron chi connectivity index (χ3n) is 10.6. The molecule has 0 bridgehead atoms. The number of aliphatic hydroxyl groups is 1. The highest BCUT2D eigenvalue weighted by molar-refractivity contribution is 5.99. The smallest absolute Gasteiger partial charge is 0.326 e. The molecule has 1 aromatic heterocycles. The number of carboxylic acids is 3. The first-order valence-electron chi connectivity index (χ1n) is 21.5. The second kappa shape index (κ2) is 25.5. The number of carboxylic acid groups (broad SMARTS) is 3. The van der Waals surface area contributed by atoms with Crippen molar-refractivity contribution >= 4 is 76.1 Å². The largest absolute Gasteiger partial charge is 0.481 e. The number of H-pyrrole nitrogens is 1. The zero-order valence-corrected chi connectivity index (χ0v) is 37.4. The van der Waals surface area contributed by atoms with Crippen molar-refractivity contribution in [3.05, 3.63) is 36.0 Å². The molecule has 2 heterocycles. The molecule has 0 saturated carbocycles. The number of para-hydroxylation sites is 1. The number of benzene rings is 1. The van der Waals surface area contributed by atoms with Crippen molar-refractivity contribution in [3.8, 4) is 0 Å². The van der Waals surface area contributed by atoms with Gasteiger partial charge in [0.1, 0.15) is 42.3 Å². The van der Waals surface area contributed by atoms with E-state index in [9.17, 15) is 73.2 Å². The van der Waals surface area contributed by atoms with Crippen LogP contribution in [0.4, 0.5) is 0 Å². The molecular formula is C42H60N10O15. The van der Waals surface area contributed by atoms with E-state index >= 15 is 0 Å². The molecule has 1 aliphatic heterocycles. The van der Waals surface area contributed by atoms with E-state index in [1.807, 2.05) is 0 Å². The fraction of sp³-hybridized carbons (Fsp3) is 0.548. The number of primary amides is 1. The van der Waals surface area contributed by atoms with Crippen LogP contribution in [-0.4, -0.2) is 152 Å². The predicted octanol–water partition coefficient (Wildman–Crippen LogP) is -3.40. The van der Waals surface area contributed by atoms with E-state index in [-0.39, 0.29) is 18.8 Å². The van der Waals surface area contributed by atoms with Gasteiger partial charge in [-0.15, -0.1) is 0 Å². The van der Waals surface area contributed by atoms with Crippen molar-refractivity contribution in [1.29, 1.82) is 0 Å². The quantitative estimate of drug-likeness (QED) is 0.0415.